The van der Waals surface area contributed by atoms with Crippen LogP contribution >= 0.6 is 0 Å². The number of unbranched alkanes of at least 4 members (excludes halogenated alkanes) is 1. The molecule has 9 heteroatoms. The van der Waals surface area contributed by atoms with Gasteiger partial charge in [-0.15, -0.1) is 0 Å². The summed E-state index contributed by atoms with van der Waals surface area (Å²) in [5.74, 6) is 0.232. The van der Waals surface area contributed by atoms with Gasteiger partial charge in [0.15, 0.2) is 0 Å². The van der Waals surface area contributed by atoms with E-state index in [0.717, 1.165) is 25.7 Å². The van der Waals surface area contributed by atoms with E-state index in [1.165, 1.54) is 24.3 Å². The van der Waals surface area contributed by atoms with Crippen LogP contribution in [0.15, 0.2) is 41.3 Å². The predicted molar refractivity (Wildman–Crippen MR) is 107 cm³/mol. The zero-order valence-electron chi connectivity index (χ0n) is 16.1. The van der Waals surface area contributed by atoms with E-state index in [2.05, 4.69) is 4.72 Å². The van der Waals surface area contributed by atoms with Gasteiger partial charge in [0.05, 0.1) is 9.82 Å². The van der Waals surface area contributed by atoms with Crippen molar-refractivity contribution in [3.63, 3.8) is 0 Å². The van der Waals surface area contributed by atoms with Crippen molar-refractivity contribution in [2.45, 2.75) is 55.9 Å². The molecule has 2 aliphatic rings. The summed E-state index contributed by atoms with van der Waals surface area (Å²) in [5, 5.41) is 19.4. The van der Waals surface area contributed by atoms with E-state index in [0.29, 0.717) is 24.7 Å². The molecule has 4 atom stereocenters. The number of nitro benzene ring substituents is 1. The van der Waals surface area contributed by atoms with Gasteiger partial charge >= 0.3 is 5.97 Å². The quantitative estimate of drug-likeness (QED) is 0.257. The van der Waals surface area contributed by atoms with Crippen LogP contribution in [0.3, 0.4) is 0 Å². The van der Waals surface area contributed by atoms with E-state index < -0.39 is 20.9 Å². The number of hydrogen-bond acceptors (Lipinski definition) is 5. The Morgan fingerprint density at radius 2 is 1.90 bits per heavy atom. The lowest BCUT2D eigenvalue weighted by Gasteiger charge is -2.31. The number of allylic oxidation sites excluding steroid dienone is 2. The number of carbonyl (C=O) groups is 1. The number of aliphatic carboxylic acids is 1. The van der Waals surface area contributed by atoms with Crippen molar-refractivity contribution >= 4 is 21.7 Å². The van der Waals surface area contributed by atoms with Gasteiger partial charge in [-0.25, -0.2) is 13.1 Å². The molecule has 0 aliphatic heterocycles. The molecule has 0 spiro atoms. The predicted octanol–water partition coefficient (Wildman–Crippen LogP) is 3.49. The van der Waals surface area contributed by atoms with Crippen LogP contribution in [0.25, 0.3) is 0 Å². The monoisotopic (exact) mass is 422 g/mol. The van der Waals surface area contributed by atoms with Crippen LogP contribution in [0.1, 0.15) is 44.9 Å². The molecule has 2 aliphatic carbocycles. The standard InChI is InChI=1S/C20H26N2O6S/c23-19(24)6-4-2-1-3-5-18-14-7-8-15(13-14)20(18)21-29(27,28)17-11-9-16(10-12-17)22(25)26/h1,3,9-12,14-15,18,20-21H,2,4-8,13H2,(H,23,24)/b3-1-. The second kappa shape index (κ2) is 9.04. The Kier molecular flexibility index (Phi) is 6.69. The fourth-order valence-corrected chi connectivity index (χ4v) is 6.03. The summed E-state index contributed by atoms with van der Waals surface area (Å²) >= 11 is 0. The Morgan fingerprint density at radius 3 is 2.55 bits per heavy atom. The van der Waals surface area contributed by atoms with Crippen LogP contribution in [0, 0.1) is 27.9 Å². The number of hydrogen-bond donors (Lipinski definition) is 2. The van der Waals surface area contributed by atoms with Crippen molar-refractivity contribution < 1.29 is 23.2 Å². The second-order valence-corrected chi connectivity index (χ2v) is 9.60. The molecule has 29 heavy (non-hydrogen) atoms. The molecule has 2 fully saturated rings. The summed E-state index contributed by atoms with van der Waals surface area (Å²) in [4.78, 5) is 20.8. The van der Waals surface area contributed by atoms with Gasteiger partial charge in [-0.1, -0.05) is 12.2 Å². The number of sulfonamides is 1. The number of nitro groups is 1. The van der Waals surface area contributed by atoms with Crippen LogP contribution in [-0.2, 0) is 14.8 Å². The summed E-state index contributed by atoms with van der Waals surface area (Å²) in [6.45, 7) is 0. The molecule has 3 rings (SSSR count). The number of nitrogens with one attached hydrogen (secondary N) is 1. The van der Waals surface area contributed by atoms with Crippen molar-refractivity contribution in [1.29, 1.82) is 0 Å². The molecule has 1 aromatic carbocycles. The number of fused-ring (bicyclic) bond motifs is 2. The Bertz CT molecular complexity index is 881. The molecule has 0 saturated heterocycles. The summed E-state index contributed by atoms with van der Waals surface area (Å²) in [5.41, 5.74) is -0.144. The van der Waals surface area contributed by atoms with Crippen molar-refractivity contribution in [2.75, 3.05) is 0 Å². The van der Waals surface area contributed by atoms with Crippen LogP contribution in [0.4, 0.5) is 5.69 Å². The van der Waals surface area contributed by atoms with Crippen LogP contribution in [0.2, 0.25) is 0 Å². The van der Waals surface area contributed by atoms with Gasteiger partial charge in [0.2, 0.25) is 10.0 Å². The van der Waals surface area contributed by atoms with Crippen molar-refractivity contribution in [1.82, 2.24) is 4.72 Å². The Balaban J connectivity index is 1.63. The van der Waals surface area contributed by atoms with Gasteiger partial charge in [-0.2, -0.15) is 0 Å². The minimum absolute atomic E-state index is 0.0360. The number of nitrogens with zero attached hydrogens (tertiary/aromatic N) is 1. The maximum absolute atomic E-state index is 12.8. The molecular weight excluding hydrogens is 396 g/mol. The highest BCUT2D eigenvalue weighted by atomic mass is 32.2. The van der Waals surface area contributed by atoms with Crippen molar-refractivity contribution in [2.24, 2.45) is 17.8 Å². The van der Waals surface area contributed by atoms with Gasteiger partial charge in [0.1, 0.15) is 0 Å². The van der Waals surface area contributed by atoms with Gasteiger partial charge in [-0.3, -0.25) is 14.9 Å². The topological polar surface area (TPSA) is 127 Å². The van der Waals surface area contributed by atoms with Crippen molar-refractivity contribution in [3.8, 4) is 0 Å². The Labute approximate surface area is 170 Å². The molecule has 2 saturated carbocycles. The van der Waals surface area contributed by atoms with E-state index in [1.807, 2.05) is 12.2 Å². The molecular formula is C20H26N2O6S. The Morgan fingerprint density at radius 1 is 1.21 bits per heavy atom. The van der Waals surface area contributed by atoms with E-state index in [4.69, 9.17) is 5.11 Å². The van der Waals surface area contributed by atoms with E-state index in [1.54, 1.807) is 0 Å². The minimum atomic E-state index is -3.75. The van der Waals surface area contributed by atoms with E-state index >= 15 is 0 Å². The first-order chi connectivity index (χ1) is 13.8. The summed E-state index contributed by atoms with van der Waals surface area (Å²) in [7, 11) is -3.75. The maximum Gasteiger partial charge on any atom is 0.303 e. The van der Waals surface area contributed by atoms with Crippen LogP contribution < -0.4 is 4.72 Å². The number of carboxylic acid groups (broad SMARTS) is 1. The summed E-state index contributed by atoms with van der Waals surface area (Å²) in [6.07, 6.45) is 9.37. The fraction of sp³-hybridized carbons (Fsp3) is 0.550. The third-order valence-corrected chi connectivity index (χ3v) is 7.55. The highest BCUT2D eigenvalue weighted by Crippen LogP contribution is 2.50. The molecule has 158 valence electrons. The third kappa shape index (κ3) is 5.22. The average molecular weight is 423 g/mol. The highest BCUT2D eigenvalue weighted by molar-refractivity contribution is 7.89. The molecule has 8 nitrogen and oxygen atoms in total. The number of non-ortho nitro benzene ring substituents is 1. The van der Waals surface area contributed by atoms with E-state index in [9.17, 15) is 23.3 Å². The molecule has 0 heterocycles. The number of benzene rings is 1. The van der Waals surface area contributed by atoms with Gasteiger partial charge in [-0.05, 0) is 68.4 Å². The number of rotatable bonds is 10. The lowest BCUT2D eigenvalue weighted by molar-refractivity contribution is -0.384. The SMILES string of the molecule is O=C(O)CCC/C=C\CC1C2CCC(C2)C1NS(=O)(=O)c1ccc([N+](=O)[O-])cc1. The van der Waals surface area contributed by atoms with Gasteiger partial charge in [0.25, 0.3) is 5.69 Å². The summed E-state index contributed by atoms with van der Waals surface area (Å²) in [6, 6.07) is 4.80. The highest BCUT2D eigenvalue weighted by Gasteiger charge is 2.48. The first-order valence-electron chi connectivity index (χ1n) is 9.91. The fourth-order valence-electron chi connectivity index (χ4n) is 4.67. The van der Waals surface area contributed by atoms with Gasteiger partial charge < -0.3 is 5.11 Å². The molecule has 0 radical (unpaired) electrons. The molecule has 1 aromatic rings. The lowest BCUT2D eigenvalue weighted by Crippen LogP contribution is -2.43. The molecule has 0 amide bonds. The molecule has 4 unspecified atom stereocenters. The molecule has 2 N–H and O–H groups in total. The first kappa shape index (κ1) is 21.4. The lowest BCUT2D eigenvalue weighted by atomic mass is 9.83. The third-order valence-electron chi connectivity index (χ3n) is 6.07. The molecule has 2 bridgehead atoms. The van der Waals surface area contributed by atoms with E-state index in [-0.39, 0.29) is 29.0 Å². The van der Waals surface area contributed by atoms with Gasteiger partial charge in [0, 0.05) is 24.6 Å². The minimum Gasteiger partial charge on any atom is -0.481 e. The first-order valence-corrected chi connectivity index (χ1v) is 11.4. The second-order valence-electron chi connectivity index (χ2n) is 7.89. The maximum atomic E-state index is 12.8. The zero-order chi connectivity index (χ0) is 21.0. The Hall–Kier alpha value is -2.26. The van der Waals surface area contributed by atoms with Crippen molar-refractivity contribution in [3.05, 3.63) is 46.5 Å². The number of carboxylic acids is 1. The van der Waals surface area contributed by atoms with Crippen LogP contribution in [-0.4, -0.2) is 30.5 Å². The van der Waals surface area contributed by atoms with Crippen LogP contribution in [0.5, 0.6) is 0 Å². The summed E-state index contributed by atoms with van der Waals surface area (Å²) < 4.78 is 28.5. The average Bonchev–Trinajstić information content (AvgIpc) is 3.26. The largest absolute Gasteiger partial charge is 0.481 e. The molecule has 0 aromatic heterocycles. The normalized spacial score (nSPS) is 26.2. The zero-order valence-corrected chi connectivity index (χ0v) is 16.9. The smallest absolute Gasteiger partial charge is 0.303 e.